The minimum atomic E-state index is -0.239. The van der Waals surface area contributed by atoms with Gasteiger partial charge in [0.1, 0.15) is 0 Å². The number of nitrogens with zero attached hydrogens (tertiary/aromatic N) is 1. The van der Waals surface area contributed by atoms with E-state index in [4.69, 9.17) is 4.42 Å². The molecule has 5 heteroatoms. The van der Waals surface area contributed by atoms with Gasteiger partial charge in [-0.1, -0.05) is 19.3 Å². The van der Waals surface area contributed by atoms with E-state index in [1.165, 1.54) is 6.42 Å². The SMILES string of the molecule is Cc1nc(C)c(C(=O)NCC2(CO)CCCCC2)o1. The van der Waals surface area contributed by atoms with E-state index in [1.54, 1.807) is 13.8 Å². The largest absolute Gasteiger partial charge is 0.436 e. The van der Waals surface area contributed by atoms with Crippen LogP contribution in [0.4, 0.5) is 0 Å². The van der Waals surface area contributed by atoms with E-state index in [-0.39, 0.29) is 23.7 Å². The van der Waals surface area contributed by atoms with Crippen molar-refractivity contribution in [1.29, 1.82) is 0 Å². The molecule has 1 amide bonds. The lowest BCUT2D eigenvalue weighted by Crippen LogP contribution is -2.41. The van der Waals surface area contributed by atoms with Crippen LogP contribution in [0.5, 0.6) is 0 Å². The van der Waals surface area contributed by atoms with E-state index in [0.29, 0.717) is 18.1 Å². The summed E-state index contributed by atoms with van der Waals surface area (Å²) in [6, 6.07) is 0. The normalized spacial score (nSPS) is 18.3. The number of aryl methyl sites for hydroxylation is 2. The van der Waals surface area contributed by atoms with Crippen LogP contribution in [0.25, 0.3) is 0 Å². The summed E-state index contributed by atoms with van der Waals surface area (Å²) in [5.74, 6) is 0.537. The summed E-state index contributed by atoms with van der Waals surface area (Å²) in [6.07, 6.45) is 5.40. The average Bonchev–Trinajstić information content (AvgIpc) is 2.76. The molecule has 0 bridgehead atoms. The molecule has 0 aliphatic heterocycles. The van der Waals surface area contributed by atoms with Gasteiger partial charge in [0.25, 0.3) is 5.91 Å². The minimum absolute atomic E-state index is 0.127. The van der Waals surface area contributed by atoms with Gasteiger partial charge in [0.15, 0.2) is 5.89 Å². The number of aliphatic hydroxyl groups is 1. The van der Waals surface area contributed by atoms with Gasteiger partial charge >= 0.3 is 0 Å². The monoisotopic (exact) mass is 266 g/mol. The lowest BCUT2D eigenvalue weighted by atomic mass is 9.74. The van der Waals surface area contributed by atoms with Gasteiger partial charge in [0, 0.05) is 18.9 Å². The smallest absolute Gasteiger partial charge is 0.289 e. The summed E-state index contributed by atoms with van der Waals surface area (Å²) < 4.78 is 5.30. The van der Waals surface area contributed by atoms with Crippen LogP contribution in [-0.4, -0.2) is 29.1 Å². The zero-order chi connectivity index (χ0) is 13.9. The highest BCUT2D eigenvalue weighted by Gasteiger charge is 2.32. The molecule has 0 aromatic carbocycles. The molecule has 106 valence electrons. The van der Waals surface area contributed by atoms with Crippen molar-refractivity contribution in [2.75, 3.05) is 13.2 Å². The molecule has 1 heterocycles. The molecule has 0 atom stereocenters. The molecule has 19 heavy (non-hydrogen) atoms. The van der Waals surface area contributed by atoms with Crippen LogP contribution in [0.3, 0.4) is 0 Å². The third-order valence-corrected chi connectivity index (χ3v) is 3.98. The van der Waals surface area contributed by atoms with Gasteiger partial charge in [-0.25, -0.2) is 4.98 Å². The molecule has 1 saturated carbocycles. The van der Waals surface area contributed by atoms with Crippen LogP contribution in [0, 0.1) is 19.3 Å². The van der Waals surface area contributed by atoms with Gasteiger partial charge in [0.05, 0.1) is 12.3 Å². The van der Waals surface area contributed by atoms with Crippen LogP contribution < -0.4 is 5.32 Å². The second kappa shape index (κ2) is 5.74. The van der Waals surface area contributed by atoms with E-state index >= 15 is 0 Å². The van der Waals surface area contributed by atoms with Crippen LogP contribution in [0.1, 0.15) is 54.2 Å². The maximum Gasteiger partial charge on any atom is 0.289 e. The van der Waals surface area contributed by atoms with Crippen molar-refractivity contribution >= 4 is 5.91 Å². The fraction of sp³-hybridized carbons (Fsp3) is 0.714. The van der Waals surface area contributed by atoms with Crippen molar-refractivity contribution in [3.05, 3.63) is 17.3 Å². The first-order valence-electron chi connectivity index (χ1n) is 6.89. The predicted octanol–water partition coefficient (Wildman–Crippen LogP) is 1.96. The highest BCUT2D eigenvalue weighted by atomic mass is 16.4. The van der Waals surface area contributed by atoms with Crippen molar-refractivity contribution in [2.24, 2.45) is 5.41 Å². The number of aliphatic hydroxyl groups excluding tert-OH is 1. The lowest BCUT2D eigenvalue weighted by Gasteiger charge is -2.35. The Bertz CT molecular complexity index is 448. The molecule has 1 fully saturated rings. The summed E-state index contributed by atoms with van der Waals surface area (Å²) in [4.78, 5) is 16.1. The van der Waals surface area contributed by atoms with Gasteiger partial charge in [0.2, 0.25) is 5.76 Å². The number of hydrogen-bond acceptors (Lipinski definition) is 4. The van der Waals surface area contributed by atoms with Gasteiger partial charge in [-0.05, 0) is 19.8 Å². The molecule has 1 aliphatic carbocycles. The van der Waals surface area contributed by atoms with Gasteiger partial charge in [-0.15, -0.1) is 0 Å². The molecular formula is C14H22N2O3. The van der Waals surface area contributed by atoms with Gasteiger partial charge in [-0.2, -0.15) is 0 Å². The molecule has 0 saturated heterocycles. The molecule has 0 unspecified atom stereocenters. The molecule has 5 nitrogen and oxygen atoms in total. The molecule has 1 aromatic rings. The Morgan fingerprint density at radius 3 is 2.58 bits per heavy atom. The number of aromatic nitrogens is 1. The third-order valence-electron chi connectivity index (χ3n) is 3.98. The molecule has 1 aromatic heterocycles. The van der Waals surface area contributed by atoms with Crippen LogP contribution in [-0.2, 0) is 0 Å². The Kier molecular flexibility index (Phi) is 4.24. The number of amides is 1. The number of nitrogens with one attached hydrogen (secondary N) is 1. The molecule has 2 N–H and O–H groups in total. The van der Waals surface area contributed by atoms with E-state index in [1.807, 2.05) is 0 Å². The second-order valence-electron chi connectivity index (χ2n) is 5.55. The number of carbonyl (C=O) groups is 1. The van der Waals surface area contributed by atoms with Crippen molar-refractivity contribution in [1.82, 2.24) is 10.3 Å². The summed E-state index contributed by atoms with van der Waals surface area (Å²) in [7, 11) is 0. The second-order valence-corrected chi connectivity index (χ2v) is 5.55. The molecule has 1 aliphatic rings. The molecule has 2 rings (SSSR count). The van der Waals surface area contributed by atoms with Crippen molar-refractivity contribution < 1.29 is 14.3 Å². The van der Waals surface area contributed by atoms with E-state index < -0.39 is 0 Å². The zero-order valence-corrected chi connectivity index (χ0v) is 11.7. The highest BCUT2D eigenvalue weighted by Crippen LogP contribution is 2.35. The number of hydrogen-bond donors (Lipinski definition) is 2. The Hall–Kier alpha value is -1.36. The Morgan fingerprint density at radius 2 is 2.05 bits per heavy atom. The van der Waals surface area contributed by atoms with Gasteiger partial charge < -0.3 is 14.8 Å². The van der Waals surface area contributed by atoms with E-state index in [0.717, 1.165) is 25.7 Å². The van der Waals surface area contributed by atoms with Crippen molar-refractivity contribution in [2.45, 2.75) is 46.0 Å². The Morgan fingerprint density at radius 1 is 1.37 bits per heavy atom. The summed E-state index contributed by atoms with van der Waals surface area (Å²) in [5, 5.41) is 12.5. The molecule has 0 spiro atoms. The third kappa shape index (κ3) is 3.15. The topological polar surface area (TPSA) is 75.4 Å². The lowest BCUT2D eigenvalue weighted by molar-refractivity contribution is 0.0703. The average molecular weight is 266 g/mol. The Labute approximate surface area is 113 Å². The van der Waals surface area contributed by atoms with E-state index in [9.17, 15) is 9.90 Å². The predicted molar refractivity (Wildman–Crippen MR) is 70.9 cm³/mol. The summed E-state index contributed by atoms with van der Waals surface area (Å²) >= 11 is 0. The quantitative estimate of drug-likeness (QED) is 0.873. The zero-order valence-electron chi connectivity index (χ0n) is 11.7. The fourth-order valence-electron chi connectivity index (χ4n) is 2.78. The van der Waals surface area contributed by atoms with Gasteiger partial charge in [-0.3, -0.25) is 4.79 Å². The molecule has 0 radical (unpaired) electrons. The summed E-state index contributed by atoms with van der Waals surface area (Å²) in [6.45, 7) is 4.11. The maximum absolute atomic E-state index is 12.1. The maximum atomic E-state index is 12.1. The minimum Gasteiger partial charge on any atom is -0.436 e. The number of carbonyl (C=O) groups excluding carboxylic acids is 1. The van der Waals surface area contributed by atoms with Crippen molar-refractivity contribution in [3.63, 3.8) is 0 Å². The standard InChI is InChI=1S/C14H22N2O3/c1-10-12(19-11(2)16-10)13(18)15-8-14(9-17)6-4-3-5-7-14/h17H,3-9H2,1-2H3,(H,15,18). The first kappa shape index (κ1) is 14.1. The van der Waals surface area contributed by atoms with Crippen LogP contribution in [0.2, 0.25) is 0 Å². The highest BCUT2D eigenvalue weighted by molar-refractivity contribution is 5.92. The van der Waals surface area contributed by atoms with Crippen molar-refractivity contribution in [3.8, 4) is 0 Å². The molecular weight excluding hydrogens is 244 g/mol. The number of rotatable bonds is 4. The first-order chi connectivity index (χ1) is 9.06. The fourth-order valence-corrected chi connectivity index (χ4v) is 2.78. The van der Waals surface area contributed by atoms with E-state index in [2.05, 4.69) is 10.3 Å². The van der Waals surface area contributed by atoms with Crippen LogP contribution in [0.15, 0.2) is 4.42 Å². The summed E-state index contributed by atoms with van der Waals surface area (Å²) in [5.41, 5.74) is 0.452. The van der Waals surface area contributed by atoms with Crippen LogP contribution >= 0.6 is 0 Å². The number of oxazole rings is 1. The Balaban J connectivity index is 1.97. The first-order valence-corrected chi connectivity index (χ1v) is 6.89.